The van der Waals surface area contributed by atoms with Crippen LogP contribution in [0.2, 0.25) is 0 Å². The van der Waals surface area contributed by atoms with Gasteiger partial charge in [-0.3, -0.25) is 14.5 Å². The fraction of sp³-hybridized carbons (Fsp3) is 0.200. The van der Waals surface area contributed by atoms with Crippen molar-refractivity contribution in [3.05, 3.63) is 65.3 Å². The van der Waals surface area contributed by atoms with Crippen LogP contribution in [0.5, 0.6) is 5.75 Å². The Bertz CT molecular complexity index is 896. The predicted octanol–water partition coefficient (Wildman–Crippen LogP) is 4.41. The zero-order valence-electron chi connectivity index (χ0n) is 14.9. The van der Waals surface area contributed by atoms with Crippen LogP contribution in [-0.2, 0) is 4.79 Å². The first-order valence-electron chi connectivity index (χ1n) is 8.17. The van der Waals surface area contributed by atoms with Gasteiger partial charge in [-0.1, -0.05) is 6.08 Å². The number of thioether (sulfide) groups is 1. The van der Waals surface area contributed by atoms with Crippen LogP contribution in [0.25, 0.3) is 11.8 Å². The van der Waals surface area contributed by atoms with Crippen molar-refractivity contribution >= 4 is 29.0 Å². The van der Waals surface area contributed by atoms with Gasteiger partial charge in [-0.2, -0.15) is 0 Å². The van der Waals surface area contributed by atoms with Gasteiger partial charge in [0.25, 0.3) is 11.1 Å². The third-order valence-electron chi connectivity index (χ3n) is 4.25. The molecule has 2 amide bonds. The van der Waals surface area contributed by atoms with Crippen LogP contribution in [0.3, 0.4) is 0 Å². The van der Waals surface area contributed by atoms with Crippen molar-refractivity contribution in [2.75, 3.05) is 7.11 Å². The zero-order chi connectivity index (χ0) is 18.8. The van der Waals surface area contributed by atoms with Crippen molar-refractivity contribution in [3.8, 4) is 11.4 Å². The number of hydrogen-bond acceptors (Lipinski definition) is 4. The van der Waals surface area contributed by atoms with Crippen molar-refractivity contribution in [3.63, 3.8) is 0 Å². The van der Waals surface area contributed by atoms with Gasteiger partial charge < -0.3 is 9.30 Å². The molecule has 1 fully saturated rings. The monoisotopic (exact) mass is 368 g/mol. The molecular formula is C20H20N2O3S. The standard InChI is InChI=1S/C20H20N2O3S/c1-5-13(2)22-19(23)18(26-20(22)24)11-15-10-14(3)21(12-15)16-6-8-17(25-4)9-7-16/h5-13H,1H2,2-4H3/b18-11+. The molecule has 1 aliphatic rings. The molecular weight excluding hydrogens is 348 g/mol. The topological polar surface area (TPSA) is 51.5 Å². The second kappa shape index (κ2) is 7.25. The summed E-state index contributed by atoms with van der Waals surface area (Å²) in [6, 6.07) is 9.39. The average molecular weight is 368 g/mol. The van der Waals surface area contributed by atoms with Gasteiger partial charge in [-0.15, -0.1) is 6.58 Å². The number of rotatable bonds is 5. The highest BCUT2D eigenvalue weighted by atomic mass is 32.2. The normalized spacial score (nSPS) is 17.0. The first kappa shape index (κ1) is 18.1. The van der Waals surface area contributed by atoms with Crippen LogP contribution < -0.4 is 4.74 Å². The lowest BCUT2D eigenvalue weighted by atomic mass is 10.2. The summed E-state index contributed by atoms with van der Waals surface area (Å²) < 4.78 is 7.22. The molecule has 1 aromatic heterocycles. The summed E-state index contributed by atoms with van der Waals surface area (Å²) in [4.78, 5) is 26.3. The molecule has 0 radical (unpaired) electrons. The van der Waals surface area contributed by atoms with E-state index in [1.165, 1.54) is 4.90 Å². The lowest BCUT2D eigenvalue weighted by molar-refractivity contribution is -0.123. The third-order valence-corrected chi connectivity index (χ3v) is 5.14. The minimum atomic E-state index is -0.320. The number of nitrogens with zero attached hydrogens (tertiary/aromatic N) is 2. The molecule has 0 saturated carbocycles. The number of imide groups is 1. The fourth-order valence-electron chi connectivity index (χ4n) is 2.79. The first-order chi connectivity index (χ1) is 12.4. The van der Waals surface area contributed by atoms with Crippen molar-refractivity contribution in [1.82, 2.24) is 9.47 Å². The molecule has 1 aromatic carbocycles. The number of benzene rings is 1. The summed E-state index contributed by atoms with van der Waals surface area (Å²) in [7, 11) is 1.63. The average Bonchev–Trinajstić information content (AvgIpc) is 3.14. The van der Waals surface area contributed by atoms with E-state index in [9.17, 15) is 9.59 Å². The maximum Gasteiger partial charge on any atom is 0.294 e. The van der Waals surface area contributed by atoms with Gasteiger partial charge in [-0.05, 0) is 67.6 Å². The first-order valence-corrected chi connectivity index (χ1v) is 8.99. The van der Waals surface area contributed by atoms with E-state index in [2.05, 4.69) is 6.58 Å². The number of ether oxygens (including phenoxy) is 1. The molecule has 26 heavy (non-hydrogen) atoms. The Hall–Kier alpha value is -2.73. The Morgan fingerprint density at radius 3 is 2.54 bits per heavy atom. The Morgan fingerprint density at radius 2 is 1.92 bits per heavy atom. The number of amides is 2. The second-order valence-corrected chi connectivity index (χ2v) is 7.00. The molecule has 5 nitrogen and oxygen atoms in total. The maximum atomic E-state index is 12.5. The van der Waals surface area contributed by atoms with E-state index in [-0.39, 0.29) is 17.2 Å². The van der Waals surface area contributed by atoms with Crippen LogP contribution in [0, 0.1) is 6.92 Å². The van der Waals surface area contributed by atoms with Crippen LogP contribution in [-0.4, -0.2) is 33.8 Å². The lowest BCUT2D eigenvalue weighted by Gasteiger charge is -2.17. The molecule has 134 valence electrons. The highest BCUT2D eigenvalue weighted by molar-refractivity contribution is 8.18. The number of carbonyl (C=O) groups is 2. The molecule has 0 bridgehead atoms. The summed E-state index contributed by atoms with van der Waals surface area (Å²) in [5.41, 5.74) is 2.89. The minimum absolute atomic E-state index is 0.264. The van der Waals surface area contributed by atoms with Gasteiger partial charge in [0, 0.05) is 17.6 Å². The number of aryl methyl sites for hydroxylation is 1. The molecule has 1 aliphatic heterocycles. The van der Waals surface area contributed by atoms with E-state index in [0.717, 1.165) is 34.5 Å². The second-order valence-electron chi connectivity index (χ2n) is 6.01. The molecule has 0 aliphatic carbocycles. The number of carbonyl (C=O) groups excluding carboxylic acids is 2. The predicted molar refractivity (Wildman–Crippen MR) is 105 cm³/mol. The molecule has 1 atom stereocenters. The largest absolute Gasteiger partial charge is 0.497 e. The van der Waals surface area contributed by atoms with Crippen molar-refractivity contribution in [1.29, 1.82) is 0 Å². The number of methoxy groups -OCH3 is 1. The minimum Gasteiger partial charge on any atom is -0.497 e. The van der Waals surface area contributed by atoms with Gasteiger partial charge in [0.15, 0.2) is 0 Å². The molecule has 0 N–H and O–H groups in total. The number of hydrogen-bond donors (Lipinski definition) is 0. The Kier molecular flexibility index (Phi) is 5.04. The van der Waals surface area contributed by atoms with E-state index in [1.54, 1.807) is 26.2 Å². The zero-order valence-corrected chi connectivity index (χ0v) is 15.7. The lowest BCUT2D eigenvalue weighted by Crippen LogP contribution is -2.35. The highest BCUT2D eigenvalue weighted by Crippen LogP contribution is 2.34. The Morgan fingerprint density at radius 1 is 1.23 bits per heavy atom. The molecule has 3 rings (SSSR count). The van der Waals surface area contributed by atoms with E-state index in [1.807, 2.05) is 48.0 Å². The van der Waals surface area contributed by atoms with E-state index >= 15 is 0 Å². The third kappa shape index (κ3) is 3.32. The molecule has 0 spiro atoms. The SMILES string of the molecule is C=CC(C)N1C(=O)S/C(=C/c2cc(C)n(-c3ccc(OC)cc3)c2)C1=O. The smallest absolute Gasteiger partial charge is 0.294 e. The van der Waals surface area contributed by atoms with Gasteiger partial charge in [0.1, 0.15) is 5.75 Å². The molecule has 2 aromatic rings. The highest BCUT2D eigenvalue weighted by Gasteiger charge is 2.37. The molecule has 1 saturated heterocycles. The van der Waals surface area contributed by atoms with E-state index in [4.69, 9.17) is 4.74 Å². The summed E-state index contributed by atoms with van der Waals surface area (Å²) in [6.45, 7) is 7.42. The molecule has 1 unspecified atom stereocenters. The Labute approximate surface area is 156 Å². The van der Waals surface area contributed by atoms with E-state index in [0.29, 0.717) is 4.91 Å². The maximum absolute atomic E-state index is 12.5. The molecule has 2 heterocycles. The summed E-state index contributed by atoms with van der Waals surface area (Å²) in [5.74, 6) is 0.519. The summed E-state index contributed by atoms with van der Waals surface area (Å²) in [6.07, 6.45) is 5.29. The van der Waals surface area contributed by atoms with E-state index < -0.39 is 0 Å². The van der Waals surface area contributed by atoms with Crippen molar-refractivity contribution in [2.24, 2.45) is 0 Å². The number of aromatic nitrogens is 1. The van der Waals surface area contributed by atoms with Crippen LogP contribution in [0.15, 0.2) is 54.1 Å². The van der Waals surface area contributed by atoms with Crippen molar-refractivity contribution in [2.45, 2.75) is 19.9 Å². The summed E-state index contributed by atoms with van der Waals surface area (Å²) in [5, 5.41) is -0.264. The molecule has 6 heteroatoms. The fourth-order valence-corrected chi connectivity index (χ4v) is 3.70. The van der Waals surface area contributed by atoms with Gasteiger partial charge in [0.05, 0.1) is 18.1 Å². The van der Waals surface area contributed by atoms with Gasteiger partial charge >= 0.3 is 0 Å². The quantitative estimate of drug-likeness (QED) is 0.580. The Balaban J connectivity index is 1.89. The van der Waals surface area contributed by atoms with Crippen LogP contribution >= 0.6 is 11.8 Å². The van der Waals surface area contributed by atoms with Crippen molar-refractivity contribution < 1.29 is 14.3 Å². The van der Waals surface area contributed by atoms with Gasteiger partial charge in [0.2, 0.25) is 0 Å². The van der Waals surface area contributed by atoms with Gasteiger partial charge in [-0.25, -0.2) is 0 Å². The summed E-state index contributed by atoms with van der Waals surface area (Å²) >= 11 is 0.961. The van der Waals surface area contributed by atoms with Crippen LogP contribution in [0.4, 0.5) is 4.79 Å². The van der Waals surface area contributed by atoms with Crippen LogP contribution in [0.1, 0.15) is 18.2 Å².